The topological polar surface area (TPSA) is 0 Å². The molecule has 1 atom stereocenters. The molecule has 0 aromatic heterocycles. The lowest BCUT2D eigenvalue weighted by atomic mass is 9.67. The smallest absolute Gasteiger partial charge is 0.0110 e. The van der Waals surface area contributed by atoms with Gasteiger partial charge in [0.15, 0.2) is 0 Å². The summed E-state index contributed by atoms with van der Waals surface area (Å²) in [5.74, 6) is 0. The molecule has 0 saturated heterocycles. The zero-order valence-electron chi connectivity index (χ0n) is 8.91. The van der Waals surface area contributed by atoms with Crippen LogP contribution in [0, 0.1) is 10.8 Å². The summed E-state index contributed by atoms with van der Waals surface area (Å²) in [6, 6.07) is 0. The molecule has 1 saturated carbocycles. The number of hydrogen-bond acceptors (Lipinski definition) is 0. The summed E-state index contributed by atoms with van der Waals surface area (Å²) in [5, 5.41) is 0.663. The average molecular weight is 170 g/mol. The van der Waals surface area contributed by atoms with E-state index >= 15 is 0 Å². The van der Waals surface area contributed by atoms with Gasteiger partial charge >= 0.3 is 0 Å². The first-order valence-corrected chi connectivity index (χ1v) is 5.71. The highest BCUT2D eigenvalue weighted by Crippen LogP contribution is 2.64. The van der Waals surface area contributed by atoms with Gasteiger partial charge in [0.05, 0.1) is 0 Å². The van der Waals surface area contributed by atoms with Crippen LogP contribution in [0.3, 0.4) is 0 Å². The second kappa shape index (κ2) is 2.12. The molecule has 66 valence electrons. The van der Waals surface area contributed by atoms with Crippen LogP contribution in [0.5, 0.6) is 0 Å². The molecule has 0 aromatic carbocycles. The molecule has 11 heavy (non-hydrogen) atoms. The van der Waals surface area contributed by atoms with Crippen LogP contribution >= 0.6 is 0 Å². The van der Waals surface area contributed by atoms with Gasteiger partial charge in [-0.05, 0) is 22.3 Å². The van der Waals surface area contributed by atoms with Crippen LogP contribution in [0.2, 0.25) is 5.04 Å². The Morgan fingerprint density at radius 2 is 1.36 bits per heavy atom. The van der Waals surface area contributed by atoms with Crippen molar-refractivity contribution in [2.45, 2.75) is 52.5 Å². The molecule has 0 nitrogen and oxygen atoms in total. The largest absolute Gasteiger partial charge is 0.0624 e. The summed E-state index contributed by atoms with van der Waals surface area (Å²) in [6.45, 7) is 12.2. The van der Waals surface area contributed by atoms with Crippen LogP contribution in [0.15, 0.2) is 0 Å². The fraction of sp³-hybridized carbons (Fsp3) is 1.00. The van der Waals surface area contributed by atoms with Gasteiger partial charge in [0.1, 0.15) is 0 Å². The van der Waals surface area contributed by atoms with E-state index in [2.05, 4.69) is 34.6 Å². The summed E-state index contributed by atoms with van der Waals surface area (Å²) >= 11 is 0. The third kappa shape index (κ3) is 1.08. The van der Waals surface area contributed by atoms with E-state index in [0.717, 1.165) is 0 Å². The first-order chi connectivity index (χ1) is 4.71. The maximum atomic E-state index is 2.47. The highest BCUT2D eigenvalue weighted by molar-refractivity contribution is 6.15. The maximum Gasteiger partial charge on any atom is 0.0110 e. The Hall–Kier alpha value is 0.217. The first-order valence-electron chi connectivity index (χ1n) is 4.71. The molecule has 1 rings (SSSR count). The van der Waals surface area contributed by atoms with Gasteiger partial charge < -0.3 is 0 Å². The molecule has 0 heterocycles. The molecule has 0 spiro atoms. The van der Waals surface area contributed by atoms with Gasteiger partial charge in [-0.15, -0.1) is 0 Å². The Morgan fingerprint density at radius 3 is 1.45 bits per heavy atom. The molecule has 0 amide bonds. The van der Waals surface area contributed by atoms with Gasteiger partial charge in [0.25, 0.3) is 0 Å². The lowest BCUT2D eigenvalue weighted by Gasteiger charge is -2.44. The normalized spacial score (nSPS) is 41.2. The minimum Gasteiger partial charge on any atom is -0.0624 e. The highest BCUT2D eigenvalue weighted by atomic mass is 28.1. The van der Waals surface area contributed by atoms with Crippen LogP contribution in [0.1, 0.15) is 47.5 Å². The molecule has 0 bridgehead atoms. The van der Waals surface area contributed by atoms with Crippen molar-refractivity contribution in [2.24, 2.45) is 10.8 Å². The minimum absolute atomic E-state index is 0.548. The van der Waals surface area contributed by atoms with Crippen LogP contribution in [-0.2, 0) is 0 Å². The van der Waals surface area contributed by atoms with Gasteiger partial charge in [-0.25, -0.2) is 0 Å². The predicted molar refractivity (Wildman–Crippen MR) is 55.1 cm³/mol. The van der Waals surface area contributed by atoms with Crippen LogP contribution in [-0.4, -0.2) is 10.2 Å². The van der Waals surface area contributed by atoms with E-state index < -0.39 is 0 Å². The maximum absolute atomic E-state index is 2.47. The van der Waals surface area contributed by atoms with Crippen molar-refractivity contribution < 1.29 is 0 Å². The summed E-state index contributed by atoms with van der Waals surface area (Å²) in [6.07, 6.45) is 2.86. The molecule has 0 aromatic rings. The zero-order chi connectivity index (χ0) is 8.91. The SMILES string of the molecule is CC1(C)CCC(C)([SiH3])C1(C)C. The minimum atomic E-state index is 0.548. The average Bonchev–Trinajstić information content (AvgIpc) is 1.93. The third-order valence-electron chi connectivity index (χ3n) is 4.76. The Labute approximate surface area is 74.2 Å². The van der Waals surface area contributed by atoms with Crippen LogP contribution in [0.25, 0.3) is 0 Å². The van der Waals surface area contributed by atoms with E-state index in [1.165, 1.54) is 23.1 Å². The fourth-order valence-corrected chi connectivity index (χ4v) is 3.09. The molecule has 1 aliphatic rings. The molecule has 1 fully saturated rings. The lowest BCUT2D eigenvalue weighted by Crippen LogP contribution is -2.34. The molecular formula is C10H22Si. The monoisotopic (exact) mass is 170 g/mol. The van der Waals surface area contributed by atoms with E-state index in [0.29, 0.717) is 15.9 Å². The van der Waals surface area contributed by atoms with E-state index in [9.17, 15) is 0 Å². The second-order valence-electron chi connectivity index (χ2n) is 5.89. The van der Waals surface area contributed by atoms with E-state index in [1.807, 2.05) is 0 Å². The van der Waals surface area contributed by atoms with E-state index in [1.54, 1.807) is 0 Å². The standard InChI is InChI=1S/C10H22Si/c1-8(2)6-7-10(5,11)9(8,3)4/h6-7H2,1-5,11H3. The molecule has 0 radical (unpaired) electrons. The van der Waals surface area contributed by atoms with Crippen LogP contribution < -0.4 is 0 Å². The van der Waals surface area contributed by atoms with Crippen molar-refractivity contribution in [1.29, 1.82) is 0 Å². The van der Waals surface area contributed by atoms with E-state index in [4.69, 9.17) is 0 Å². The van der Waals surface area contributed by atoms with Crippen molar-refractivity contribution in [3.05, 3.63) is 0 Å². The Balaban J connectivity index is 3.00. The summed E-state index contributed by atoms with van der Waals surface area (Å²) < 4.78 is 0. The highest BCUT2D eigenvalue weighted by Gasteiger charge is 2.52. The van der Waals surface area contributed by atoms with Gasteiger partial charge in [0, 0.05) is 10.2 Å². The molecule has 0 aliphatic heterocycles. The third-order valence-corrected chi connectivity index (χ3v) is 6.51. The van der Waals surface area contributed by atoms with Crippen molar-refractivity contribution in [3.8, 4) is 0 Å². The Kier molecular flexibility index (Phi) is 1.80. The van der Waals surface area contributed by atoms with E-state index in [-0.39, 0.29) is 0 Å². The Bertz CT molecular complexity index is 148. The molecule has 1 unspecified atom stereocenters. The molecular weight excluding hydrogens is 148 g/mol. The quantitative estimate of drug-likeness (QED) is 0.490. The zero-order valence-corrected chi connectivity index (χ0v) is 10.9. The van der Waals surface area contributed by atoms with Gasteiger partial charge in [0.2, 0.25) is 0 Å². The summed E-state index contributed by atoms with van der Waals surface area (Å²) in [5.41, 5.74) is 1.11. The fourth-order valence-electron chi connectivity index (χ4n) is 2.17. The molecule has 0 N–H and O–H groups in total. The van der Waals surface area contributed by atoms with Gasteiger partial charge in [-0.3, -0.25) is 0 Å². The van der Waals surface area contributed by atoms with Gasteiger partial charge in [-0.1, -0.05) is 41.0 Å². The lowest BCUT2D eigenvalue weighted by molar-refractivity contribution is 0.125. The van der Waals surface area contributed by atoms with Crippen molar-refractivity contribution in [3.63, 3.8) is 0 Å². The molecule has 1 aliphatic carbocycles. The summed E-state index contributed by atoms with van der Waals surface area (Å²) in [4.78, 5) is 0. The van der Waals surface area contributed by atoms with Crippen molar-refractivity contribution >= 4 is 10.2 Å². The molecule has 1 heteroatoms. The van der Waals surface area contributed by atoms with Crippen molar-refractivity contribution in [2.75, 3.05) is 0 Å². The van der Waals surface area contributed by atoms with Crippen LogP contribution in [0.4, 0.5) is 0 Å². The number of hydrogen-bond donors (Lipinski definition) is 0. The van der Waals surface area contributed by atoms with Crippen molar-refractivity contribution in [1.82, 2.24) is 0 Å². The van der Waals surface area contributed by atoms with Gasteiger partial charge in [-0.2, -0.15) is 0 Å². The first kappa shape index (κ1) is 9.31. The predicted octanol–water partition coefficient (Wildman–Crippen LogP) is 2.38. The summed E-state index contributed by atoms with van der Waals surface area (Å²) in [7, 11) is 1.34. The number of rotatable bonds is 0. The Morgan fingerprint density at radius 1 is 0.909 bits per heavy atom. The second-order valence-corrected chi connectivity index (χ2v) is 8.10.